The van der Waals surface area contributed by atoms with E-state index < -0.39 is 0 Å². The summed E-state index contributed by atoms with van der Waals surface area (Å²) in [4.78, 5) is 27.2. The Hall–Kier alpha value is -2.76. The summed E-state index contributed by atoms with van der Waals surface area (Å²) in [6, 6.07) is 9.98. The average Bonchev–Trinajstić information content (AvgIpc) is 2.56. The molecule has 2 aromatic rings. The van der Waals surface area contributed by atoms with Crippen LogP contribution in [-0.2, 0) is 22.6 Å². The van der Waals surface area contributed by atoms with E-state index in [1.165, 1.54) is 6.07 Å². The van der Waals surface area contributed by atoms with Crippen molar-refractivity contribution in [2.75, 3.05) is 6.54 Å². The van der Waals surface area contributed by atoms with Crippen molar-refractivity contribution in [3.63, 3.8) is 0 Å². The fourth-order valence-corrected chi connectivity index (χ4v) is 2.01. The van der Waals surface area contributed by atoms with E-state index in [2.05, 4.69) is 15.6 Å². The zero-order chi connectivity index (χ0) is 16.5. The van der Waals surface area contributed by atoms with E-state index in [1.54, 1.807) is 42.7 Å². The van der Waals surface area contributed by atoms with Crippen LogP contribution in [0.3, 0.4) is 0 Å². The van der Waals surface area contributed by atoms with Gasteiger partial charge in [-0.25, -0.2) is 4.39 Å². The molecular weight excluding hydrogens is 297 g/mol. The number of rotatable bonds is 7. The van der Waals surface area contributed by atoms with Gasteiger partial charge in [-0.1, -0.05) is 18.2 Å². The van der Waals surface area contributed by atoms with E-state index in [-0.39, 0.29) is 30.6 Å². The number of benzene rings is 1. The van der Waals surface area contributed by atoms with Crippen LogP contribution in [0.5, 0.6) is 0 Å². The van der Waals surface area contributed by atoms with Crippen molar-refractivity contribution in [2.24, 2.45) is 0 Å². The maximum absolute atomic E-state index is 13.4. The molecule has 0 fully saturated rings. The molecule has 0 aliphatic heterocycles. The fraction of sp³-hybridized carbons (Fsp3) is 0.235. The molecule has 2 rings (SSSR count). The summed E-state index contributed by atoms with van der Waals surface area (Å²) in [5.41, 5.74) is 1.45. The summed E-state index contributed by atoms with van der Waals surface area (Å²) in [5.74, 6) is -1.03. The number of carbonyl (C=O) groups excluding carboxylic acids is 2. The van der Waals surface area contributed by atoms with Gasteiger partial charge in [-0.2, -0.15) is 0 Å². The van der Waals surface area contributed by atoms with Gasteiger partial charge in [-0.15, -0.1) is 0 Å². The van der Waals surface area contributed by atoms with Gasteiger partial charge in [0.1, 0.15) is 12.2 Å². The molecule has 0 unspecified atom stereocenters. The molecule has 23 heavy (non-hydrogen) atoms. The normalized spacial score (nSPS) is 10.1. The third kappa shape index (κ3) is 5.86. The highest BCUT2D eigenvalue weighted by Gasteiger charge is 2.09. The molecule has 0 bridgehead atoms. The van der Waals surface area contributed by atoms with Crippen LogP contribution in [0.15, 0.2) is 48.8 Å². The molecular formula is C17H18FN3O2. The zero-order valence-electron chi connectivity index (χ0n) is 12.6. The standard InChI is InChI=1S/C17H18FN3O2/c18-15-4-2-1-3-14(15)7-10-20-16(22)11-17(23)21-12-13-5-8-19-9-6-13/h1-6,8-9H,7,10-12H2,(H,20,22)(H,21,23). The third-order valence-electron chi connectivity index (χ3n) is 3.23. The summed E-state index contributed by atoms with van der Waals surface area (Å²) in [6.07, 6.45) is 3.41. The molecule has 0 saturated carbocycles. The molecule has 1 aromatic carbocycles. The Kier molecular flexibility index (Phi) is 6.23. The van der Waals surface area contributed by atoms with Crippen molar-refractivity contribution in [1.29, 1.82) is 0 Å². The van der Waals surface area contributed by atoms with E-state index in [9.17, 15) is 14.0 Å². The molecule has 2 amide bonds. The van der Waals surface area contributed by atoms with Gasteiger partial charge in [0.15, 0.2) is 0 Å². The monoisotopic (exact) mass is 315 g/mol. The minimum Gasteiger partial charge on any atom is -0.355 e. The fourth-order valence-electron chi connectivity index (χ4n) is 2.01. The van der Waals surface area contributed by atoms with Gasteiger partial charge in [0.25, 0.3) is 0 Å². The molecule has 0 saturated heterocycles. The highest BCUT2D eigenvalue weighted by Crippen LogP contribution is 2.06. The van der Waals surface area contributed by atoms with Gasteiger partial charge in [-0.05, 0) is 35.7 Å². The second-order valence-corrected chi connectivity index (χ2v) is 5.00. The Morgan fingerprint density at radius 3 is 2.43 bits per heavy atom. The smallest absolute Gasteiger partial charge is 0.229 e. The first-order valence-electron chi connectivity index (χ1n) is 7.31. The van der Waals surface area contributed by atoms with Gasteiger partial charge in [0.05, 0.1) is 0 Å². The first kappa shape index (κ1) is 16.6. The number of nitrogens with one attached hydrogen (secondary N) is 2. The molecule has 0 aliphatic rings. The van der Waals surface area contributed by atoms with Crippen LogP contribution < -0.4 is 10.6 Å². The van der Waals surface area contributed by atoms with Gasteiger partial charge in [-0.3, -0.25) is 14.6 Å². The number of halogens is 1. The lowest BCUT2D eigenvalue weighted by atomic mass is 10.1. The number of nitrogens with zero attached hydrogens (tertiary/aromatic N) is 1. The summed E-state index contributed by atoms with van der Waals surface area (Å²) in [6.45, 7) is 0.640. The van der Waals surface area contributed by atoms with Crippen molar-refractivity contribution < 1.29 is 14.0 Å². The molecule has 0 spiro atoms. The van der Waals surface area contributed by atoms with Gasteiger partial charge in [0, 0.05) is 25.5 Å². The lowest BCUT2D eigenvalue weighted by molar-refractivity contribution is -0.129. The number of hydrogen-bond acceptors (Lipinski definition) is 3. The Bertz CT molecular complexity index is 662. The summed E-state index contributed by atoms with van der Waals surface area (Å²) in [7, 11) is 0. The molecule has 2 N–H and O–H groups in total. The van der Waals surface area contributed by atoms with Crippen LogP contribution >= 0.6 is 0 Å². The van der Waals surface area contributed by atoms with Crippen molar-refractivity contribution in [3.05, 3.63) is 65.7 Å². The molecule has 0 aliphatic carbocycles. The van der Waals surface area contributed by atoms with Crippen LogP contribution in [0.1, 0.15) is 17.5 Å². The van der Waals surface area contributed by atoms with E-state index in [0.29, 0.717) is 18.5 Å². The van der Waals surface area contributed by atoms with E-state index in [4.69, 9.17) is 0 Å². The molecule has 6 heteroatoms. The summed E-state index contributed by atoms with van der Waals surface area (Å²) < 4.78 is 13.4. The Labute approximate surface area is 133 Å². The van der Waals surface area contributed by atoms with Crippen molar-refractivity contribution in [1.82, 2.24) is 15.6 Å². The largest absolute Gasteiger partial charge is 0.355 e. The van der Waals surface area contributed by atoms with Crippen LogP contribution in [-0.4, -0.2) is 23.3 Å². The quantitative estimate of drug-likeness (QED) is 0.762. The van der Waals surface area contributed by atoms with E-state index in [1.807, 2.05) is 0 Å². The average molecular weight is 315 g/mol. The minimum atomic E-state index is -0.381. The lowest BCUT2D eigenvalue weighted by Gasteiger charge is -2.07. The van der Waals surface area contributed by atoms with Crippen molar-refractivity contribution in [3.8, 4) is 0 Å². The Morgan fingerprint density at radius 2 is 1.70 bits per heavy atom. The highest BCUT2D eigenvalue weighted by molar-refractivity contribution is 5.96. The SMILES string of the molecule is O=C(CC(=O)NCc1ccncc1)NCCc1ccccc1F. The molecule has 0 radical (unpaired) electrons. The molecule has 1 heterocycles. The summed E-state index contributed by atoms with van der Waals surface area (Å²) in [5, 5.41) is 5.27. The van der Waals surface area contributed by atoms with Gasteiger partial charge in [0.2, 0.25) is 11.8 Å². The number of aromatic nitrogens is 1. The van der Waals surface area contributed by atoms with Crippen molar-refractivity contribution >= 4 is 11.8 Å². The van der Waals surface area contributed by atoms with Crippen LogP contribution in [0.4, 0.5) is 4.39 Å². The second-order valence-electron chi connectivity index (χ2n) is 5.00. The Morgan fingerprint density at radius 1 is 1.00 bits per heavy atom. The van der Waals surface area contributed by atoms with E-state index in [0.717, 1.165) is 5.56 Å². The Balaban J connectivity index is 1.66. The van der Waals surface area contributed by atoms with Gasteiger partial charge >= 0.3 is 0 Å². The van der Waals surface area contributed by atoms with Crippen molar-refractivity contribution in [2.45, 2.75) is 19.4 Å². The van der Waals surface area contributed by atoms with Crippen LogP contribution in [0, 0.1) is 5.82 Å². The lowest BCUT2D eigenvalue weighted by Crippen LogP contribution is -2.32. The molecule has 120 valence electrons. The maximum Gasteiger partial charge on any atom is 0.229 e. The first-order valence-corrected chi connectivity index (χ1v) is 7.31. The van der Waals surface area contributed by atoms with Crippen LogP contribution in [0.2, 0.25) is 0 Å². The summed E-state index contributed by atoms with van der Waals surface area (Å²) >= 11 is 0. The van der Waals surface area contributed by atoms with E-state index >= 15 is 0 Å². The predicted molar refractivity (Wildman–Crippen MR) is 83.8 cm³/mol. The predicted octanol–water partition coefficient (Wildman–Crippen LogP) is 1.59. The minimum absolute atomic E-state index is 0.248. The maximum atomic E-state index is 13.4. The first-order chi connectivity index (χ1) is 11.1. The zero-order valence-corrected chi connectivity index (χ0v) is 12.6. The molecule has 1 aromatic heterocycles. The number of pyridine rings is 1. The number of amides is 2. The molecule has 0 atom stereocenters. The molecule has 5 nitrogen and oxygen atoms in total. The number of hydrogen-bond donors (Lipinski definition) is 2. The van der Waals surface area contributed by atoms with Crippen LogP contribution in [0.25, 0.3) is 0 Å². The second kappa shape index (κ2) is 8.63. The van der Waals surface area contributed by atoms with Gasteiger partial charge < -0.3 is 10.6 Å². The topological polar surface area (TPSA) is 71.1 Å². The number of carbonyl (C=O) groups is 2. The highest BCUT2D eigenvalue weighted by atomic mass is 19.1. The third-order valence-corrected chi connectivity index (χ3v) is 3.23.